The van der Waals surface area contributed by atoms with Crippen LogP contribution in [0.1, 0.15) is 51.0 Å². The predicted molar refractivity (Wildman–Crippen MR) is 90.3 cm³/mol. The second-order valence-electron chi connectivity index (χ2n) is 7.86. The summed E-state index contributed by atoms with van der Waals surface area (Å²) in [4.78, 5) is 0. The maximum absolute atomic E-state index is 14.4. The van der Waals surface area contributed by atoms with Crippen LogP contribution < -0.4 is 4.74 Å². The Morgan fingerprint density at radius 1 is 0.962 bits per heavy atom. The molecule has 0 radical (unpaired) electrons. The molecule has 2 atom stereocenters. The number of benzene rings is 1. The minimum atomic E-state index is -3.62. The minimum absolute atomic E-state index is 0.181. The number of hydrogen-bond acceptors (Lipinski definition) is 2. The van der Waals surface area contributed by atoms with Gasteiger partial charge in [0.05, 0.1) is 6.61 Å². The van der Waals surface area contributed by atoms with Crippen LogP contribution in [0.15, 0.2) is 12.1 Å². The van der Waals surface area contributed by atoms with Crippen molar-refractivity contribution in [1.82, 2.24) is 0 Å². The second-order valence-corrected chi connectivity index (χ2v) is 7.86. The summed E-state index contributed by atoms with van der Waals surface area (Å²) < 4.78 is 65.9. The summed E-state index contributed by atoms with van der Waals surface area (Å²) in [6.45, 7) is 3.78. The predicted octanol–water partition coefficient (Wildman–Crippen LogP) is 5.87. The molecule has 1 aromatic carbocycles. The van der Waals surface area contributed by atoms with Crippen LogP contribution in [-0.4, -0.2) is 18.8 Å². The zero-order valence-corrected chi connectivity index (χ0v) is 15.2. The summed E-state index contributed by atoms with van der Waals surface area (Å²) in [5.74, 6) is -0.746. The van der Waals surface area contributed by atoms with E-state index in [0.29, 0.717) is 24.9 Å². The lowest BCUT2D eigenvalue weighted by molar-refractivity contribution is -0.266. The highest BCUT2D eigenvalue weighted by Crippen LogP contribution is 2.40. The molecule has 6 heteroatoms. The van der Waals surface area contributed by atoms with Gasteiger partial charge in [0.25, 0.3) is 0 Å². The molecular weight excluding hydrogens is 348 g/mol. The van der Waals surface area contributed by atoms with Gasteiger partial charge in [-0.3, -0.25) is 0 Å². The summed E-state index contributed by atoms with van der Waals surface area (Å²) in [5, 5.41) is 0. The second kappa shape index (κ2) is 7.75. The monoisotopic (exact) mass is 374 g/mol. The average Bonchev–Trinajstić information content (AvgIpc) is 2.60. The van der Waals surface area contributed by atoms with E-state index in [2.05, 4.69) is 11.7 Å². The number of alkyl halides is 2. The molecule has 0 spiro atoms. The van der Waals surface area contributed by atoms with E-state index in [9.17, 15) is 17.6 Å². The van der Waals surface area contributed by atoms with Crippen molar-refractivity contribution in [3.8, 4) is 5.75 Å². The lowest BCUT2D eigenvalue weighted by Crippen LogP contribution is -2.45. The van der Waals surface area contributed by atoms with Gasteiger partial charge >= 0.3 is 6.11 Å². The van der Waals surface area contributed by atoms with Crippen molar-refractivity contribution in [2.75, 3.05) is 6.61 Å². The molecule has 26 heavy (non-hydrogen) atoms. The zero-order valence-electron chi connectivity index (χ0n) is 15.2. The molecule has 0 bridgehead atoms. The highest BCUT2D eigenvalue weighted by Gasteiger charge is 2.46. The Kier molecular flexibility index (Phi) is 5.80. The van der Waals surface area contributed by atoms with Crippen molar-refractivity contribution >= 4 is 0 Å². The smallest absolute Gasteiger partial charge is 0.424 e. The Morgan fingerprint density at radius 2 is 1.54 bits per heavy atom. The Hall–Kier alpha value is -1.30. The minimum Gasteiger partial charge on any atom is -0.430 e. The summed E-state index contributed by atoms with van der Waals surface area (Å²) in [7, 11) is 0. The van der Waals surface area contributed by atoms with Crippen LogP contribution in [0.25, 0.3) is 0 Å². The van der Waals surface area contributed by atoms with E-state index in [1.165, 1.54) is 19.8 Å². The van der Waals surface area contributed by atoms with Gasteiger partial charge in [0.2, 0.25) is 0 Å². The molecule has 1 aromatic rings. The van der Waals surface area contributed by atoms with Crippen LogP contribution in [0, 0.1) is 36.3 Å². The highest BCUT2D eigenvalue weighted by atomic mass is 19.3. The third-order valence-corrected chi connectivity index (χ3v) is 5.92. The van der Waals surface area contributed by atoms with Crippen LogP contribution in [0.5, 0.6) is 5.75 Å². The van der Waals surface area contributed by atoms with E-state index in [-0.39, 0.29) is 12.0 Å². The standard InChI is InChI=1S/C20H26F4O2/c1-12-3-5-14(6-4-12)15-7-8-19(25-11-15)20(23,24)26-16-9-17(21)13(2)18(22)10-16/h9-10,12,14-15,19H,3-8,11H2,1-2H3. The fourth-order valence-corrected chi connectivity index (χ4v) is 4.07. The van der Waals surface area contributed by atoms with Gasteiger partial charge in [-0.2, -0.15) is 8.78 Å². The Bertz CT molecular complexity index is 595. The van der Waals surface area contributed by atoms with Crippen molar-refractivity contribution in [2.24, 2.45) is 17.8 Å². The highest BCUT2D eigenvalue weighted by molar-refractivity contribution is 5.30. The van der Waals surface area contributed by atoms with Gasteiger partial charge in [0.15, 0.2) is 6.10 Å². The lowest BCUT2D eigenvalue weighted by atomic mass is 9.74. The molecule has 3 rings (SSSR count). The molecule has 0 aromatic heterocycles. The largest absolute Gasteiger partial charge is 0.430 e. The van der Waals surface area contributed by atoms with Gasteiger partial charge in [-0.15, -0.1) is 0 Å². The van der Waals surface area contributed by atoms with E-state index >= 15 is 0 Å². The third kappa shape index (κ3) is 4.33. The van der Waals surface area contributed by atoms with E-state index in [0.717, 1.165) is 30.9 Å². The van der Waals surface area contributed by atoms with Gasteiger partial charge in [-0.1, -0.05) is 19.8 Å². The van der Waals surface area contributed by atoms with Crippen molar-refractivity contribution in [2.45, 2.75) is 64.6 Å². The van der Waals surface area contributed by atoms with Gasteiger partial charge in [0, 0.05) is 17.7 Å². The topological polar surface area (TPSA) is 18.5 Å². The molecule has 1 heterocycles. The van der Waals surface area contributed by atoms with Crippen molar-refractivity contribution < 1.29 is 27.0 Å². The normalized spacial score (nSPS) is 30.2. The van der Waals surface area contributed by atoms with Gasteiger partial charge in [-0.05, 0) is 50.4 Å². The molecule has 2 nitrogen and oxygen atoms in total. The Labute approximate surface area is 151 Å². The number of halogens is 4. The van der Waals surface area contributed by atoms with Crippen LogP contribution >= 0.6 is 0 Å². The van der Waals surface area contributed by atoms with E-state index < -0.39 is 29.6 Å². The molecule has 0 N–H and O–H groups in total. The average molecular weight is 374 g/mol. The van der Waals surface area contributed by atoms with Gasteiger partial charge < -0.3 is 9.47 Å². The first kappa shape index (κ1) is 19.5. The molecule has 2 aliphatic rings. The van der Waals surface area contributed by atoms with Crippen LogP contribution in [-0.2, 0) is 4.74 Å². The maximum Gasteiger partial charge on any atom is 0.424 e. The van der Waals surface area contributed by atoms with E-state index in [1.807, 2.05) is 0 Å². The summed E-state index contributed by atoms with van der Waals surface area (Å²) in [6, 6.07) is 1.56. The molecule has 1 aliphatic heterocycles. The number of rotatable bonds is 4. The molecule has 2 unspecified atom stereocenters. The molecule has 0 amide bonds. The molecule has 1 saturated heterocycles. The van der Waals surface area contributed by atoms with Crippen LogP contribution in [0.3, 0.4) is 0 Å². The summed E-state index contributed by atoms with van der Waals surface area (Å²) in [6.07, 6.45) is 0.473. The lowest BCUT2D eigenvalue weighted by Gasteiger charge is -2.38. The fourth-order valence-electron chi connectivity index (χ4n) is 4.07. The third-order valence-electron chi connectivity index (χ3n) is 5.92. The quantitative estimate of drug-likeness (QED) is 0.614. The molecule has 2 fully saturated rings. The Balaban J connectivity index is 1.57. The molecule has 1 aliphatic carbocycles. The van der Waals surface area contributed by atoms with Crippen molar-refractivity contribution in [1.29, 1.82) is 0 Å². The fraction of sp³-hybridized carbons (Fsp3) is 0.700. The SMILES string of the molecule is Cc1c(F)cc(OC(F)(F)C2CCC(C3CCC(C)CC3)CO2)cc1F. The van der Waals surface area contributed by atoms with Crippen molar-refractivity contribution in [3.05, 3.63) is 29.3 Å². The molecule has 1 saturated carbocycles. The van der Waals surface area contributed by atoms with Gasteiger partial charge in [0.1, 0.15) is 17.4 Å². The van der Waals surface area contributed by atoms with Crippen LogP contribution in [0.4, 0.5) is 17.6 Å². The first-order valence-electron chi connectivity index (χ1n) is 9.40. The summed E-state index contributed by atoms with van der Waals surface area (Å²) in [5.41, 5.74) is -0.223. The number of ether oxygens (including phenoxy) is 2. The van der Waals surface area contributed by atoms with E-state index in [1.54, 1.807) is 0 Å². The zero-order chi connectivity index (χ0) is 18.9. The summed E-state index contributed by atoms with van der Waals surface area (Å²) >= 11 is 0. The van der Waals surface area contributed by atoms with E-state index in [4.69, 9.17) is 4.74 Å². The van der Waals surface area contributed by atoms with Crippen molar-refractivity contribution in [3.63, 3.8) is 0 Å². The first-order valence-corrected chi connectivity index (χ1v) is 9.40. The van der Waals surface area contributed by atoms with Gasteiger partial charge in [-0.25, -0.2) is 8.78 Å². The molecular formula is C20H26F4O2. The maximum atomic E-state index is 14.4. The Morgan fingerprint density at radius 3 is 2.08 bits per heavy atom. The molecule has 146 valence electrons. The first-order chi connectivity index (χ1) is 12.3. The van der Waals surface area contributed by atoms with Crippen LogP contribution in [0.2, 0.25) is 0 Å². The number of hydrogen-bond donors (Lipinski definition) is 0.